The molecular formula is C21H34IN3O3. The molecule has 1 aromatic rings. The quantitative estimate of drug-likeness (QED) is 0.234. The Labute approximate surface area is 185 Å². The molecule has 0 radical (unpaired) electrons. The Hall–Kier alpha value is -1.22. The molecule has 2 heterocycles. The Morgan fingerprint density at radius 2 is 2.11 bits per heavy atom. The van der Waals surface area contributed by atoms with Gasteiger partial charge < -0.3 is 24.8 Å². The average molecular weight is 503 g/mol. The van der Waals surface area contributed by atoms with Crippen LogP contribution in [0, 0.1) is 0 Å². The van der Waals surface area contributed by atoms with Gasteiger partial charge in [0.25, 0.3) is 0 Å². The van der Waals surface area contributed by atoms with Gasteiger partial charge in [-0.05, 0) is 63.6 Å². The van der Waals surface area contributed by atoms with Crippen LogP contribution in [0.2, 0.25) is 0 Å². The summed E-state index contributed by atoms with van der Waals surface area (Å²) in [4.78, 5) is 4.75. The lowest BCUT2D eigenvalue weighted by Crippen LogP contribution is -2.47. The first kappa shape index (κ1) is 23.1. The number of hydrogen-bond acceptors (Lipinski definition) is 4. The van der Waals surface area contributed by atoms with E-state index in [0.29, 0.717) is 24.9 Å². The molecule has 0 aromatic heterocycles. The highest BCUT2D eigenvalue weighted by molar-refractivity contribution is 14.0. The van der Waals surface area contributed by atoms with Crippen molar-refractivity contribution < 1.29 is 14.2 Å². The molecule has 3 rings (SSSR count). The number of methoxy groups -OCH3 is 1. The molecule has 3 unspecified atom stereocenters. The van der Waals surface area contributed by atoms with Crippen LogP contribution in [-0.4, -0.2) is 51.0 Å². The van der Waals surface area contributed by atoms with Crippen LogP contribution in [0.1, 0.15) is 45.1 Å². The molecule has 3 atom stereocenters. The highest BCUT2D eigenvalue weighted by Crippen LogP contribution is 2.34. The standard InChI is InChI=1S/C21H33N3O3.HI/c1-4-22-21(24-17-14-16-9-11-18(17)27-16)23-12-6-7-15-8-10-19(25-3)20(13-15)26-5-2;/h8,10,13,16-18H,4-7,9,11-12,14H2,1-3H3,(H2,22,23,24);1H. The van der Waals surface area contributed by atoms with Crippen LogP contribution in [-0.2, 0) is 11.2 Å². The van der Waals surface area contributed by atoms with Crippen LogP contribution in [0.5, 0.6) is 11.5 Å². The Morgan fingerprint density at radius 1 is 1.25 bits per heavy atom. The van der Waals surface area contributed by atoms with Gasteiger partial charge in [-0.2, -0.15) is 0 Å². The number of nitrogens with one attached hydrogen (secondary N) is 2. The normalized spacial score (nSPS) is 23.2. The molecule has 2 N–H and O–H groups in total. The molecule has 0 aliphatic carbocycles. The van der Waals surface area contributed by atoms with Crippen LogP contribution in [0.4, 0.5) is 0 Å². The maximum Gasteiger partial charge on any atom is 0.191 e. The first-order valence-corrected chi connectivity index (χ1v) is 10.2. The summed E-state index contributed by atoms with van der Waals surface area (Å²) < 4.78 is 16.9. The fraction of sp³-hybridized carbons (Fsp3) is 0.667. The Bertz CT molecular complexity index is 641. The summed E-state index contributed by atoms with van der Waals surface area (Å²) in [6.07, 6.45) is 6.23. The van der Waals surface area contributed by atoms with Crippen LogP contribution in [0.3, 0.4) is 0 Å². The minimum atomic E-state index is 0. The predicted molar refractivity (Wildman–Crippen MR) is 123 cm³/mol. The van der Waals surface area contributed by atoms with E-state index in [0.717, 1.165) is 49.8 Å². The maximum absolute atomic E-state index is 5.93. The van der Waals surface area contributed by atoms with E-state index in [1.165, 1.54) is 18.4 Å². The largest absolute Gasteiger partial charge is 0.493 e. The number of rotatable bonds is 9. The van der Waals surface area contributed by atoms with Gasteiger partial charge in [-0.1, -0.05) is 6.07 Å². The zero-order chi connectivity index (χ0) is 19.1. The van der Waals surface area contributed by atoms with Crippen molar-refractivity contribution in [3.8, 4) is 11.5 Å². The molecule has 2 saturated heterocycles. The summed E-state index contributed by atoms with van der Waals surface area (Å²) >= 11 is 0. The third-order valence-corrected chi connectivity index (χ3v) is 5.19. The fourth-order valence-electron chi connectivity index (χ4n) is 3.90. The molecule has 2 aliphatic heterocycles. The maximum atomic E-state index is 5.93. The highest BCUT2D eigenvalue weighted by atomic mass is 127. The van der Waals surface area contributed by atoms with Crippen molar-refractivity contribution in [2.45, 2.75) is 64.2 Å². The minimum Gasteiger partial charge on any atom is -0.493 e. The van der Waals surface area contributed by atoms with Crippen LogP contribution in [0.25, 0.3) is 0 Å². The number of fused-ring (bicyclic) bond motifs is 2. The van der Waals surface area contributed by atoms with Gasteiger partial charge in [-0.15, -0.1) is 24.0 Å². The molecule has 2 aliphatic rings. The van der Waals surface area contributed by atoms with Gasteiger partial charge in [0.2, 0.25) is 0 Å². The van der Waals surface area contributed by atoms with Crippen molar-refractivity contribution in [1.29, 1.82) is 0 Å². The van der Waals surface area contributed by atoms with E-state index in [9.17, 15) is 0 Å². The van der Waals surface area contributed by atoms with Gasteiger partial charge in [-0.25, -0.2) is 0 Å². The lowest BCUT2D eigenvalue weighted by atomic mass is 9.96. The molecule has 1 aromatic carbocycles. The number of nitrogens with zero attached hydrogens (tertiary/aromatic N) is 1. The second kappa shape index (κ2) is 11.7. The van der Waals surface area contributed by atoms with Gasteiger partial charge in [0.05, 0.1) is 32.0 Å². The Kier molecular flexibility index (Phi) is 9.64. The van der Waals surface area contributed by atoms with Crippen LogP contribution >= 0.6 is 24.0 Å². The van der Waals surface area contributed by atoms with Crippen molar-refractivity contribution >= 4 is 29.9 Å². The zero-order valence-corrected chi connectivity index (χ0v) is 19.5. The molecule has 0 saturated carbocycles. The summed E-state index contributed by atoms with van der Waals surface area (Å²) in [5.41, 5.74) is 1.24. The molecule has 2 bridgehead atoms. The Balaban J connectivity index is 0.00000280. The minimum absolute atomic E-state index is 0. The SMILES string of the molecule is CCNC(=NCCCc1ccc(OC)c(OCC)c1)NC1CC2CCC1O2.I. The summed E-state index contributed by atoms with van der Waals surface area (Å²) in [6, 6.07) is 6.55. The third-order valence-electron chi connectivity index (χ3n) is 5.19. The van der Waals surface area contributed by atoms with Gasteiger partial charge in [0.1, 0.15) is 0 Å². The van der Waals surface area contributed by atoms with E-state index in [2.05, 4.69) is 29.7 Å². The van der Waals surface area contributed by atoms with E-state index in [1.807, 2.05) is 13.0 Å². The predicted octanol–water partition coefficient (Wildman–Crippen LogP) is 3.52. The van der Waals surface area contributed by atoms with E-state index in [1.54, 1.807) is 7.11 Å². The smallest absolute Gasteiger partial charge is 0.191 e. The van der Waals surface area contributed by atoms with Crippen LogP contribution in [0.15, 0.2) is 23.2 Å². The van der Waals surface area contributed by atoms with Crippen molar-refractivity contribution in [1.82, 2.24) is 10.6 Å². The molecule has 0 spiro atoms. The van der Waals surface area contributed by atoms with Crippen molar-refractivity contribution in [2.75, 3.05) is 26.8 Å². The Morgan fingerprint density at radius 3 is 2.75 bits per heavy atom. The molecule has 7 heteroatoms. The molecular weight excluding hydrogens is 469 g/mol. The third kappa shape index (κ3) is 6.14. The van der Waals surface area contributed by atoms with Gasteiger partial charge in [-0.3, -0.25) is 4.99 Å². The van der Waals surface area contributed by atoms with Crippen molar-refractivity contribution in [3.05, 3.63) is 23.8 Å². The van der Waals surface area contributed by atoms with Crippen molar-refractivity contribution in [2.24, 2.45) is 4.99 Å². The van der Waals surface area contributed by atoms with Crippen LogP contribution < -0.4 is 20.1 Å². The number of aliphatic imine (C=N–C) groups is 1. The first-order valence-electron chi connectivity index (χ1n) is 10.2. The highest BCUT2D eigenvalue weighted by Gasteiger charge is 2.41. The summed E-state index contributed by atoms with van der Waals surface area (Å²) in [7, 11) is 1.67. The molecule has 158 valence electrons. The molecule has 28 heavy (non-hydrogen) atoms. The van der Waals surface area contributed by atoms with Crippen molar-refractivity contribution in [3.63, 3.8) is 0 Å². The number of ether oxygens (including phenoxy) is 3. The first-order chi connectivity index (χ1) is 13.2. The van der Waals surface area contributed by atoms with E-state index < -0.39 is 0 Å². The lowest BCUT2D eigenvalue weighted by Gasteiger charge is -2.22. The number of benzene rings is 1. The average Bonchev–Trinajstić information content (AvgIpc) is 3.29. The zero-order valence-electron chi connectivity index (χ0n) is 17.2. The van der Waals surface area contributed by atoms with Gasteiger partial charge >= 0.3 is 0 Å². The number of hydrogen-bond donors (Lipinski definition) is 2. The summed E-state index contributed by atoms with van der Waals surface area (Å²) in [5, 5.41) is 6.92. The summed E-state index contributed by atoms with van der Waals surface area (Å²) in [5.74, 6) is 2.50. The topological polar surface area (TPSA) is 64.1 Å². The van der Waals surface area contributed by atoms with E-state index in [4.69, 9.17) is 19.2 Å². The number of halogens is 1. The monoisotopic (exact) mass is 503 g/mol. The second-order valence-corrected chi connectivity index (χ2v) is 7.14. The fourth-order valence-corrected chi connectivity index (χ4v) is 3.90. The number of aryl methyl sites for hydroxylation is 1. The molecule has 2 fully saturated rings. The van der Waals surface area contributed by atoms with Gasteiger partial charge in [0.15, 0.2) is 17.5 Å². The lowest BCUT2D eigenvalue weighted by molar-refractivity contribution is 0.0992. The summed E-state index contributed by atoms with van der Waals surface area (Å²) in [6.45, 7) is 6.36. The molecule has 6 nitrogen and oxygen atoms in total. The second-order valence-electron chi connectivity index (χ2n) is 7.14. The molecule has 0 amide bonds. The van der Waals surface area contributed by atoms with E-state index in [-0.39, 0.29) is 24.0 Å². The number of guanidine groups is 1. The van der Waals surface area contributed by atoms with E-state index >= 15 is 0 Å². The van der Waals surface area contributed by atoms with Gasteiger partial charge in [0, 0.05) is 13.1 Å².